The van der Waals surface area contributed by atoms with Gasteiger partial charge < -0.3 is 14.5 Å². The van der Waals surface area contributed by atoms with Gasteiger partial charge in [0.05, 0.1) is 25.3 Å². The minimum atomic E-state index is -0.358. The molecule has 0 radical (unpaired) electrons. The molecule has 3 rings (SSSR count). The molecular weight excluding hydrogens is 348 g/mol. The predicted octanol–water partition coefficient (Wildman–Crippen LogP) is 3.79. The number of carbonyl (C=O) groups excluding carboxylic acids is 1. The Hall–Kier alpha value is -2.34. The first kappa shape index (κ1) is 14.6. The lowest BCUT2D eigenvalue weighted by atomic mass is 10.1. The zero-order chi connectivity index (χ0) is 15.7. The van der Waals surface area contributed by atoms with E-state index >= 15 is 0 Å². The Bertz CT molecular complexity index is 840. The van der Waals surface area contributed by atoms with E-state index in [4.69, 9.17) is 4.74 Å². The summed E-state index contributed by atoms with van der Waals surface area (Å²) in [6.45, 7) is 0. The van der Waals surface area contributed by atoms with Gasteiger partial charge in [-0.2, -0.15) is 0 Å². The summed E-state index contributed by atoms with van der Waals surface area (Å²) in [4.78, 5) is 19.3. The SMILES string of the molecule is COC(=O)c1ccc(-c2nc3c(Br)cc(OC)cc3[nH]2)cc1. The summed E-state index contributed by atoms with van der Waals surface area (Å²) in [5.41, 5.74) is 3.09. The third kappa shape index (κ3) is 2.57. The largest absolute Gasteiger partial charge is 0.497 e. The number of aromatic amines is 1. The second kappa shape index (κ2) is 5.81. The number of nitrogens with one attached hydrogen (secondary N) is 1. The summed E-state index contributed by atoms with van der Waals surface area (Å²) in [7, 11) is 2.98. The Balaban J connectivity index is 2.03. The number of hydrogen-bond acceptors (Lipinski definition) is 4. The molecule has 0 saturated heterocycles. The van der Waals surface area contributed by atoms with E-state index in [0.717, 1.165) is 32.6 Å². The van der Waals surface area contributed by atoms with Crippen molar-refractivity contribution in [1.82, 2.24) is 9.97 Å². The average molecular weight is 361 g/mol. The fourth-order valence-corrected chi connectivity index (χ4v) is 2.71. The summed E-state index contributed by atoms with van der Waals surface area (Å²) in [6, 6.07) is 10.8. The molecule has 0 aliphatic rings. The maximum atomic E-state index is 11.5. The molecule has 0 fully saturated rings. The van der Waals surface area contributed by atoms with Crippen LogP contribution in [0.4, 0.5) is 0 Å². The van der Waals surface area contributed by atoms with Crippen molar-refractivity contribution < 1.29 is 14.3 Å². The van der Waals surface area contributed by atoms with Crippen molar-refractivity contribution in [2.75, 3.05) is 14.2 Å². The summed E-state index contributed by atoms with van der Waals surface area (Å²) in [5, 5.41) is 0. The number of aromatic nitrogens is 2. The number of benzene rings is 2. The van der Waals surface area contributed by atoms with Gasteiger partial charge in [-0.05, 0) is 34.1 Å². The van der Waals surface area contributed by atoms with Crippen LogP contribution in [0.15, 0.2) is 40.9 Å². The van der Waals surface area contributed by atoms with Crippen molar-refractivity contribution in [2.45, 2.75) is 0 Å². The number of nitrogens with zero attached hydrogens (tertiary/aromatic N) is 1. The lowest BCUT2D eigenvalue weighted by Gasteiger charge is -2.00. The van der Waals surface area contributed by atoms with E-state index in [1.54, 1.807) is 19.2 Å². The number of ether oxygens (including phenoxy) is 2. The van der Waals surface area contributed by atoms with Crippen LogP contribution in [0.1, 0.15) is 10.4 Å². The topological polar surface area (TPSA) is 64.2 Å². The van der Waals surface area contributed by atoms with Gasteiger partial charge in [-0.25, -0.2) is 9.78 Å². The van der Waals surface area contributed by atoms with Gasteiger partial charge in [0.25, 0.3) is 0 Å². The lowest BCUT2D eigenvalue weighted by molar-refractivity contribution is 0.0601. The standard InChI is InChI=1S/C16H13BrN2O3/c1-21-11-7-12(17)14-13(8-11)18-15(19-14)9-3-5-10(6-4-9)16(20)22-2/h3-8H,1-2H3,(H,18,19). The molecular formula is C16H13BrN2O3. The molecule has 0 aliphatic carbocycles. The Morgan fingerprint density at radius 1 is 1.18 bits per heavy atom. The monoisotopic (exact) mass is 360 g/mol. The molecule has 6 heteroatoms. The summed E-state index contributed by atoms with van der Waals surface area (Å²) in [6.07, 6.45) is 0. The van der Waals surface area contributed by atoms with E-state index in [1.807, 2.05) is 24.3 Å². The highest BCUT2D eigenvalue weighted by Gasteiger charge is 2.11. The van der Waals surface area contributed by atoms with Gasteiger partial charge in [0.15, 0.2) is 0 Å². The zero-order valence-corrected chi connectivity index (χ0v) is 13.6. The summed E-state index contributed by atoms with van der Waals surface area (Å²) < 4.78 is 10.8. The normalized spacial score (nSPS) is 10.7. The molecule has 0 bridgehead atoms. The number of rotatable bonds is 3. The van der Waals surface area contributed by atoms with Crippen molar-refractivity contribution in [1.29, 1.82) is 0 Å². The van der Waals surface area contributed by atoms with Crippen LogP contribution in [-0.4, -0.2) is 30.2 Å². The highest BCUT2D eigenvalue weighted by Crippen LogP contribution is 2.30. The average Bonchev–Trinajstić information content (AvgIpc) is 2.98. The molecule has 0 aliphatic heterocycles. The fraction of sp³-hybridized carbons (Fsp3) is 0.125. The molecule has 1 N–H and O–H groups in total. The van der Waals surface area contributed by atoms with E-state index in [9.17, 15) is 4.79 Å². The van der Waals surface area contributed by atoms with Crippen molar-refractivity contribution in [3.05, 3.63) is 46.4 Å². The highest BCUT2D eigenvalue weighted by molar-refractivity contribution is 9.10. The van der Waals surface area contributed by atoms with E-state index < -0.39 is 0 Å². The molecule has 5 nitrogen and oxygen atoms in total. The predicted molar refractivity (Wildman–Crippen MR) is 87.1 cm³/mol. The van der Waals surface area contributed by atoms with Gasteiger partial charge in [-0.1, -0.05) is 12.1 Å². The Morgan fingerprint density at radius 2 is 1.91 bits per heavy atom. The minimum Gasteiger partial charge on any atom is -0.497 e. The quantitative estimate of drug-likeness (QED) is 0.721. The van der Waals surface area contributed by atoms with Crippen LogP contribution in [0.25, 0.3) is 22.4 Å². The smallest absolute Gasteiger partial charge is 0.337 e. The number of halogens is 1. The molecule has 2 aromatic carbocycles. The first-order valence-electron chi connectivity index (χ1n) is 6.54. The number of carbonyl (C=O) groups is 1. The third-order valence-electron chi connectivity index (χ3n) is 3.33. The molecule has 0 unspecified atom stereocenters. The van der Waals surface area contributed by atoms with Crippen molar-refractivity contribution in [3.63, 3.8) is 0 Å². The number of esters is 1. The van der Waals surface area contributed by atoms with Crippen LogP contribution in [0.5, 0.6) is 5.75 Å². The molecule has 1 aromatic heterocycles. The number of fused-ring (bicyclic) bond motifs is 1. The Kier molecular flexibility index (Phi) is 3.85. The van der Waals surface area contributed by atoms with Gasteiger partial charge in [-0.3, -0.25) is 0 Å². The van der Waals surface area contributed by atoms with Crippen LogP contribution in [0.3, 0.4) is 0 Å². The van der Waals surface area contributed by atoms with E-state index in [0.29, 0.717) is 5.56 Å². The number of methoxy groups -OCH3 is 2. The molecule has 0 spiro atoms. The van der Waals surface area contributed by atoms with Gasteiger partial charge in [0.1, 0.15) is 17.1 Å². The third-order valence-corrected chi connectivity index (χ3v) is 3.93. The lowest BCUT2D eigenvalue weighted by Crippen LogP contribution is -2.00. The van der Waals surface area contributed by atoms with E-state index in [-0.39, 0.29) is 5.97 Å². The number of imidazole rings is 1. The maximum absolute atomic E-state index is 11.5. The van der Waals surface area contributed by atoms with Crippen molar-refractivity contribution >= 4 is 32.9 Å². The van der Waals surface area contributed by atoms with E-state index in [2.05, 4.69) is 30.6 Å². The minimum absolute atomic E-state index is 0.358. The first-order chi connectivity index (χ1) is 10.6. The Morgan fingerprint density at radius 3 is 2.55 bits per heavy atom. The number of hydrogen-bond donors (Lipinski definition) is 1. The zero-order valence-electron chi connectivity index (χ0n) is 12.0. The molecule has 0 saturated carbocycles. The summed E-state index contributed by atoms with van der Waals surface area (Å²) >= 11 is 3.49. The Labute approximate surface area is 135 Å². The fourth-order valence-electron chi connectivity index (χ4n) is 2.19. The highest BCUT2D eigenvalue weighted by atomic mass is 79.9. The van der Waals surface area contributed by atoms with Crippen LogP contribution in [0, 0.1) is 0 Å². The number of H-pyrrole nitrogens is 1. The van der Waals surface area contributed by atoms with Gasteiger partial charge in [0, 0.05) is 16.1 Å². The van der Waals surface area contributed by atoms with Gasteiger partial charge >= 0.3 is 5.97 Å². The van der Waals surface area contributed by atoms with Crippen LogP contribution >= 0.6 is 15.9 Å². The molecule has 112 valence electrons. The second-order valence-electron chi connectivity index (χ2n) is 4.66. The van der Waals surface area contributed by atoms with E-state index in [1.165, 1.54) is 7.11 Å². The van der Waals surface area contributed by atoms with Crippen LogP contribution < -0.4 is 4.74 Å². The van der Waals surface area contributed by atoms with Gasteiger partial charge in [-0.15, -0.1) is 0 Å². The molecule has 1 heterocycles. The summed E-state index contributed by atoms with van der Waals surface area (Å²) in [5.74, 6) is 1.11. The maximum Gasteiger partial charge on any atom is 0.337 e. The van der Waals surface area contributed by atoms with Crippen LogP contribution in [0.2, 0.25) is 0 Å². The van der Waals surface area contributed by atoms with Crippen molar-refractivity contribution in [2.24, 2.45) is 0 Å². The first-order valence-corrected chi connectivity index (χ1v) is 7.33. The molecule has 3 aromatic rings. The van der Waals surface area contributed by atoms with Gasteiger partial charge in [0.2, 0.25) is 0 Å². The second-order valence-corrected chi connectivity index (χ2v) is 5.51. The van der Waals surface area contributed by atoms with Crippen LogP contribution in [-0.2, 0) is 4.74 Å². The van der Waals surface area contributed by atoms with Crippen molar-refractivity contribution in [3.8, 4) is 17.1 Å². The molecule has 22 heavy (non-hydrogen) atoms. The molecule has 0 atom stereocenters. The molecule has 0 amide bonds.